The van der Waals surface area contributed by atoms with E-state index in [1.54, 1.807) is 55.5 Å². The van der Waals surface area contributed by atoms with E-state index >= 15 is 0 Å². The van der Waals surface area contributed by atoms with Crippen LogP contribution in [0.15, 0.2) is 59.4 Å². The quantitative estimate of drug-likeness (QED) is 0.699. The first-order valence-corrected chi connectivity index (χ1v) is 8.52. The third-order valence-electron chi connectivity index (χ3n) is 3.92. The lowest BCUT2D eigenvalue weighted by Crippen LogP contribution is -2.27. The summed E-state index contributed by atoms with van der Waals surface area (Å²) in [4.78, 5) is 36.3. The first kappa shape index (κ1) is 18.5. The fourth-order valence-electron chi connectivity index (χ4n) is 2.55. The summed E-state index contributed by atoms with van der Waals surface area (Å²) in [5, 5.41) is 7.39. The number of aryl methyl sites for hydroxylation is 1. The van der Waals surface area contributed by atoms with Gasteiger partial charge >= 0.3 is 0 Å². The summed E-state index contributed by atoms with van der Waals surface area (Å²) in [6.45, 7) is 3.16. The third kappa shape index (κ3) is 4.12. The van der Waals surface area contributed by atoms with Gasteiger partial charge in [0.25, 0.3) is 5.91 Å². The Morgan fingerprint density at radius 2 is 1.78 bits per heavy atom. The van der Waals surface area contributed by atoms with Crippen molar-refractivity contribution in [2.75, 3.05) is 5.32 Å². The number of ketones is 1. The number of carbonyl (C=O) groups excluding carboxylic acids is 2. The Kier molecular flexibility index (Phi) is 5.19. The summed E-state index contributed by atoms with van der Waals surface area (Å²) >= 11 is 5.90. The molecule has 6 nitrogen and oxygen atoms in total. The second-order valence-corrected chi connectivity index (χ2v) is 6.41. The molecule has 2 aromatic carbocycles. The molecule has 0 aliphatic heterocycles. The molecule has 3 aromatic rings. The largest absolute Gasteiger partial charge is 0.320 e. The molecule has 0 atom stereocenters. The highest BCUT2D eigenvalue weighted by molar-refractivity contribution is 6.30. The zero-order valence-corrected chi connectivity index (χ0v) is 15.4. The fraction of sp³-hybridized carbons (Fsp3) is 0.100. The highest BCUT2D eigenvalue weighted by atomic mass is 35.5. The Balaban J connectivity index is 1.96. The van der Waals surface area contributed by atoms with Gasteiger partial charge in [0.15, 0.2) is 11.5 Å². The van der Waals surface area contributed by atoms with Crippen LogP contribution in [0, 0.1) is 6.92 Å². The lowest BCUT2D eigenvalue weighted by molar-refractivity contribution is 0.100. The van der Waals surface area contributed by atoms with Gasteiger partial charge in [-0.2, -0.15) is 5.10 Å². The van der Waals surface area contributed by atoms with Gasteiger partial charge in [0, 0.05) is 28.0 Å². The molecule has 0 radical (unpaired) electrons. The molecule has 0 bridgehead atoms. The van der Waals surface area contributed by atoms with Crippen LogP contribution in [0.3, 0.4) is 0 Å². The van der Waals surface area contributed by atoms with Crippen LogP contribution in [-0.2, 0) is 0 Å². The Morgan fingerprint density at radius 1 is 1.07 bits per heavy atom. The monoisotopic (exact) mass is 381 g/mol. The van der Waals surface area contributed by atoms with Crippen LogP contribution >= 0.6 is 11.6 Å². The topological polar surface area (TPSA) is 81.1 Å². The van der Waals surface area contributed by atoms with Crippen molar-refractivity contribution in [3.63, 3.8) is 0 Å². The molecule has 1 amide bonds. The zero-order valence-electron chi connectivity index (χ0n) is 14.7. The Morgan fingerprint density at radius 3 is 2.44 bits per heavy atom. The van der Waals surface area contributed by atoms with E-state index in [0.717, 1.165) is 0 Å². The lowest BCUT2D eigenvalue weighted by Gasteiger charge is -2.11. The number of aromatic nitrogens is 2. The smallest absolute Gasteiger partial charge is 0.280 e. The molecular weight excluding hydrogens is 366 g/mol. The number of anilines is 1. The van der Waals surface area contributed by atoms with Crippen LogP contribution in [-0.4, -0.2) is 21.5 Å². The molecule has 0 unspecified atom stereocenters. The first-order valence-electron chi connectivity index (χ1n) is 8.14. The number of nitrogens with zero attached hydrogens (tertiary/aromatic N) is 2. The summed E-state index contributed by atoms with van der Waals surface area (Å²) in [6, 6.07) is 14.7. The minimum absolute atomic E-state index is 0.121. The molecule has 1 N–H and O–H groups in total. The average Bonchev–Trinajstić information content (AvgIpc) is 2.63. The van der Waals surface area contributed by atoms with Crippen LogP contribution in [0.2, 0.25) is 5.02 Å². The van der Waals surface area contributed by atoms with Crippen LogP contribution in [0.4, 0.5) is 5.69 Å². The summed E-state index contributed by atoms with van der Waals surface area (Å²) in [7, 11) is 0. The van der Waals surface area contributed by atoms with E-state index < -0.39 is 11.3 Å². The van der Waals surface area contributed by atoms with Crippen LogP contribution in [0.5, 0.6) is 0 Å². The second-order valence-electron chi connectivity index (χ2n) is 5.98. The Bertz CT molecular complexity index is 1090. The number of nitrogens with one attached hydrogen (secondary N) is 1. The summed E-state index contributed by atoms with van der Waals surface area (Å²) in [5.41, 5.74) is 1.39. The number of hydrogen-bond donors (Lipinski definition) is 1. The van der Waals surface area contributed by atoms with Crippen molar-refractivity contribution in [2.45, 2.75) is 13.8 Å². The summed E-state index contributed by atoms with van der Waals surface area (Å²) in [6.07, 6.45) is 0. The number of amides is 1. The van der Waals surface area contributed by atoms with E-state index in [1.807, 2.05) is 0 Å². The fourth-order valence-corrected chi connectivity index (χ4v) is 2.68. The summed E-state index contributed by atoms with van der Waals surface area (Å²) in [5.74, 6) is -0.770. The molecule has 1 aromatic heterocycles. The molecule has 0 saturated heterocycles. The van der Waals surface area contributed by atoms with Crippen molar-refractivity contribution < 1.29 is 9.59 Å². The van der Waals surface area contributed by atoms with E-state index in [1.165, 1.54) is 17.7 Å². The van der Waals surface area contributed by atoms with E-state index in [-0.39, 0.29) is 11.5 Å². The second kappa shape index (κ2) is 7.55. The standard InChI is InChI=1S/C20H16ClN3O3/c1-12-10-18(26)19(23-24(12)17-8-6-15(21)7-9-17)20(27)22-16-5-3-4-14(11-16)13(2)25/h3-11H,1-2H3,(H,22,27). The van der Waals surface area contributed by atoms with Crippen molar-refractivity contribution in [3.8, 4) is 5.69 Å². The van der Waals surface area contributed by atoms with Crippen molar-refractivity contribution in [1.82, 2.24) is 9.78 Å². The van der Waals surface area contributed by atoms with Gasteiger partial charge in [-0.15, -0.1) is 0 Å². The number of halogens is 1. The minimum atomic E-state index is -0.650. The Labute approximate surface area is 160 Å². The molecule has 0 aliphatic carbocycles. The van der Waals surface area contributed by atoms with Gasteiger partial charge in [0.1, 0.15) is 0 Å². The zero-order chi connectivity index (χ0) is 19.6. The molecule has 0 spiro atoms. The van der Waals surface area contributed by atoms with Gasteiger partial charge in [-0.3, -0.25) is 14.4 Å². The number of carbonyl (C=O) groups is 2. The predicted octanol–water partition coefficient (Wildman–Crippen LogP) is 3.65. The Hall–Kier alpha value is -3.25. The van der Waals surface area contributed by atoms with E-state index in [2.05, 4.69) is 10.4 Å². The van der Waals surface area contributed by atoms with E-state index in [4.69, 9.17) is 11.6 Å². The SMILES string of the molecule is CC(=O)c1cccc(NC(=O)c2nn(-c3ccc(Cl)cc3)c(C)cc2=O)c1. The highest BCUT2D eigenvalue weighted by Gasteiger charge is 2.16. The van der Waals surface area contributed by atoms with Gasteiger partial charge in [-0.05, 0) is 50.2 Å². The molecular formula is C20H16ClN3O3. The number of Topliss-reactive ketones (excluding diaryl/α,β-unsaturated/α-hetero) is 1. The van der Waals surface area contributed by atoms with Gasteiger partial charge in [0.05, 0.1) is 5.69 Å². The molecule has 0 aliphatic rings. The molecule has 0 fully saturated rings. The molecule has 1 heterocycles. The number of rotatable bonds is 4. The number of benzene rings is 2. The lowest BCUT2D eigenvalue weighted by atomic mass is 10.1. The van der Waals surface area contributed by atoms with Crippen molar-refractivity contribution in [1.29, 1.82) is 0 Å². The molecule has 7 heteroatoms. The molecule has 3 rings (SSSR count). The van der Waals surface area contributed by atoms with Gasteiger partial charge in [-0.1, -0.05) is 23.7 Å². The van der Waals surface area contributed by atoms with Crippen LogP contribution < -0.4 is 10.7 Å². The van der Waals surface area contributed by atoms with Crippen LogP contribution in [0.25, 0.3) is 5.69 Å². The average molecular weight is 382 g/mol. The maximum atomic E-state index is 12.6. The molecule has 136 valence electrons. The summed E-state index contributed by atoms with van der Waals surface area (Å²) < 4.78 is 1.50. The van der Waals surface area contributed by atoms with Crippen molar-refractivity contribution in [2.24, 2.45) is 0 Å². The van der Waals surface area contributed by atoms with E-state index in [0.29, 0.717) is 27.7 Å². The number of hydrogen-bond acceptors (Lipinski definition) is 4. The maximum Gasteiger partial charge on any atom is 0.280 e. The first-order chi connectivity index (χ1) is 12.8. The third-order valence-corrected chi connectivity index (χ3v) is 4.17. The highest BCUT2D eigenvalue weighted by Crippen LogP contribution is 2.15. The van der Waals surface area contributed by atoms with Gasteiger partial charge in [-0.25, -0.2) is 4.68 Å². The van der Waals surface area contributed by atoms with Gasteiger partial charge < -0.3 is 5.32 Å². The molecule has 0 saturated carbocycles. The minimum Gasteiger partial charge on any atom is -0.320 e. The predicted molar refractivity (Wildman–Crippen MR) is 104 cm³/mol. The van der Waals surface area contributed by atoms with E-state index in [9.17, 15) is 14.4 Å². The van der Waals surface area contributed by atoms with Gasteiger partial charge in [0.2, 0.25) is 5.43 Å². The van der Waals surface area contributed by atoms with Crippen molar-refractivity contribution >= 4 is 29.0 Å². The maximum absolute atomic E-state index is 12.6. The van der Waals surface area contributed by atoms with Crippen molar-refractivity contribution in [3.05, 3.63) is 86.8 Å². The normalized spacial score (nSPS) is 10.5. The van der Waals surface area contributed by atoms with Crippen LogP contribution in [0.1, 0.15) is 33.5 Å². The molecule has 27 heavy (non-hydrogen) atoms.